The van der Waals surface area contributed by atoms with Crippen LogP contribution in [0.25, 0.3) is 0 Å². The maximum absolute atomic E-state index is 11.7. The standard InChI is InChI=1S/C19H26N2O5.C15H20N2O3.C4H6O2/c1-4-26-17-13-15(5-6-16(17)23-2)19(14-20,8-7-18(22)24-3)21-9-11-25-12-10-21;1-3-20-15-10-12(4-5-14(15)18-2)13(11-16)17-6-8-19-9-7-17;1-3-4(5)6-2/h5-6,13H,4,7-12H2,1-3H3;4-5,10,13H,3,6-9H2,1-2H3;3H,1H2,2H3. The Morgan fingerprint density at radius 1 is 0.846 bits per heavy atom. The Bertz CT molecular complexity index is 1500. The fourth-order valence-corrected chi connectivity index (χ4v) is 5.63. The van der Waals surface area contributed by atoms with Gasteiger partial charge in [-0.25, -0.2) is 4.79 Å². The summed E-state index contributed by atoms with van der Waals surface area (Å²) in [5.41, 5.74) is 0.740. The average molecular weight is 725 g/mol. The normalized spacial score (nSPS) is 15.9. The summed E-state index contributed by atoms with van der Waals surface area (Å²) in [4.78, 5) is 25.8. The third kappa shape index (κ3) is 12.4. The monoisotopic (exact) mass is 724 g/mol. The Kier molecular flexibility index (Phi) is 19.6. The number of hydrogen-bond acceptors (Lipinski definition) is 14. The molecule has 0 radical (unpaired) electrons. The molecule has 2 heterocycles. The van der Waals surface area contributed by atoms with Crippen LogP contribution >= 0.6 is 0 Å². The van der Waals surface area contributed by atoms with Crippen LogP contribution in [0.1, 0.15) is 43.9 Å². The van der Waals surface area contributed by atoms with E-state index in [0.29, 0.717) is 82.1 Å². The van der Waals surface area contributed by atoms with Crippen LogP contribution in [0.15, 0.2) is 49.1 Å². The van der Waals surface area contributed by atoms with Crippen molar-refractivity contribution in [1.82, 2.24) is 9.80 Å². The molecule has 284 valence electrons. The molecule has 52 heavy (non-hydrogen) atoms. The first-order valence-corrected chi connectivity index (χ1v) is 17.1. The molecule has 2 unspecified atom stereocenters. The summed E-state index contributed by atoms with van der Waals surface area (Å²) in [5, 5.41) is 19.6. The van der Waals surface area contributed by atoms with E-state index in [2.05, 4.69) is 33.3 Å². The van der Waals surface area contributed by atoms with E-state index in [1.165, 1.54) is 14.2 Å². The first-order valence-electron chi connectivity index (χ1n) is 17.1. The van der Waals surface area contributed by atoms with Gasteiger partial charge in [0.25, 0.3) is 0 Å². The minimum atomic E-state index is -0.962. The first-order chi connectivity index (χ1) is 25.2. The number of carbonyl (C=O) groups excluding carboxylic acids is 2. The summed E-state index contributed by atoms with van der Waals surface area (Å²) in [6.45, 7) is 13.3. The van der Waals surface area contributed by atoms with E-state index in [1.54, 1.807) is 20.3 Å². The SMILES string of the molecule is C=CC(=O)OC.CCOc1cc(C(C#N)(CCC(=O)OC)N2CCOCC2)ccc1OC.CCOc1cc(C(C#N)N2CCOCC2)ccc1OC. The zero-order valence-electron chi connectivity index (χ0n) is 31.2. The number of nitrogens with zero attached hydrogens (tertiary/aromatic N) is 4. The van der Waals surface area contributed by atoms with Crippen molar-refractivity contribution in [3.8, 4) is 35.1 Å². The highest BCUT2D eigenvalue weighted by Crippen LogP contribution is 2.39. The fraction of sp³-hybridized carbons (Fsp3) is 0.526. The maximum Gasteiger partial charge on any atom is 0.329 e. The van der Waals surface area contributed by atoms with Gasteiger partial charge in [-0.1, -0.05) is 18.7 Å². The topological polar surface area (TPSA) is 162 Å². The second-order valence-corrected chi connectivity index (χ2v) is 11.2. The molecule has 0 N–H and O–H groups in total. The molecular formula is C38H52N4O10. The lowest BCUT2D eigenvalue weighted by Gasteiger charge is -2.41. The van der Waals surface area contributed by atoms with Crippen LogP contribution in [0, 0.1) is 22.7 Å². The minimum Gasteiger partial charge on any atom is -0.493 e. The van der Waals surface area contributed by atoms with Gasteiger partial charge in [0.2, 0.25) is 0 Å². The highest BCUT2D eigenvalue weighted by atomic mass is 16.5. The molecule has 2 aliphatic rings. The average Bonchev–Trinajstić information content (AvgIpc) is 3.20. The highest BCUT2D eigenvalue weighted by molar-refractivity contribution is 5.80. The summed E-state index contributed by atoms with van der Waals surface area (Å²) < 4.78 is 41.5. The number of morpholine rings is 2. The molecule has 0 bridgehead atoms. The van der Waals surface area contributed by atoms with E-state index in [0.717, 1.165) is 30.3 Å². The molecular weight excluding hydrogens is 672 g/mol. The fourth-order valence-electron chi connectivity index (χ4n) is 5.63. The van der Waals surface area contributed by atoms with Gasteiger partial charge in [0.1, 0.15) is 11.6 Å². The second kappa shape index (κ2) is 23.6. The third-order valence-electron chi connectivity index (χ3n) is 8.30. The van der Waals surface area contributed by atoms with Crippen molar-refractivity contribution in [2.75, 3.05) is 94.3 Å². The summed E-state index contributed by atoms with van der Waals surface area (Å²) in [6.07, 6.45) is 1.59. The van der Waals surface area contributed by atoms with Crippen molar-refractivity contribution >= 4 is 11.9 Å². The number of carbonyl (C=O) groups is 2. The molecule has 2 aromatic rings. The molecule has 0 amide bonds. The van der Waals surface area contributed by atoms with Crippen LogP contribution < -0.4 is 18.9 Å². The molecule has 2 saturated heterocycles. The van der Waals surface area contributed by atoms with Crippen molar-refractivity contribution in [1.29, 1.82) is 10.5 Å². The Hall–Kier alpha value is -4.86. The van der Waals surface area contributed by atoms with Gasteiger partial charge in [-0.2, -0.15) is 10.5 Å². The molecule has 0 aromatic heterocycles. The number of methoxy groups -OCH3 is 4. The van der Waals surface area contributed by atoms with Crippen molar-refractivity contribution in [3.05, 3.63) is 60.2 Å². The van der Waals surface area contributed by atoms with Gasteiger partial charge in [0.05, 0.1) is 80.2 Å². The number of hydrogen-bond donors (Lipinski definition) is 0. The van der Waals surface area contributed by atoms with Gasteiger partial charge in [0.15, 0.2) is 23.0 Å². The van der Waals surface area contributed by atoms with E-state index < -0.39 is 11.5 Å². The number of rotatable bonds is 14. The van der Waals surface area contributed by atoms with Gasteiger partial charge in [-0.3, -0.25) is 14.6 Å². The van der Waals surface area contributed by atoms with E-state index in [-0.39, 0.29) is 18.4 Å². The molecule has 4 rings (SSSR count). The van der Waals surface area contributed by atoms with Crippen molar-refractivity contribution in [3.63, 3.8) is 0 Å². The highest BCUT2D eigenvalue weighted by Gasteiger charge is 2.40. The molecule has 2 atom stereocenters. The summed E-state index contributed by atoms with van der Waals surface area (Å²) in [5.74, 6) is 1.83. The number of benzene rings is 2. The second-order valence-electron chi connectivity index (χ2n) is 11.2. The molecule has 2 aromatic carbocycles. The van der Waals surface area contributed by atoms with Crippen LogP contribution in [0.5, 0.6) is 23.0 Å². The predicted octanol–water partition coefficient (Wildman–Crippen LogP) is 4.43. The van der Waals surface area contributed by atoms with Gasteiger partial charge in [0, 0.05) is 38.7 Å². The first kappa shape index (κ1) is 43.3. The molecule has 0 aliphatic carbocycles. The van der Waals surface area contributed by atoms with E-state index in [4.69, 9.17) is 33.2 Å². The van der Waals surface area contributed by atoms with Crippen LogP contribution in [0.2, 0.25) is 0 Å². The number of ether oxygens (including phenoxy) is 8. The maximum atomic E-state index is 11.7. The molecule has 14 nitrogen and oxygen atoms in total. The molecule has 0 spiro atoms. The smallest absolute Gasteiger partial charge is 0.329 e. The predicted molar refractivity (Wildman–Crippen MR) is 192 cm³/mol. The lowest BCUT2D eigenvalue weighted by atomic mass is 9.84. The number of nitriles is 2. The van der Waals surface area contributed by atoms with Crippen LogP contribution in [0.3, 0.4) is 0 Å². The van der Waals surface area contributed by atoms with Crippen molar-refractivity contribution < 1.29 is 47.5 Å². The quantitative estimate of drug-likeness (QED) is 0.199. The van der Waals surface area contributed by atoms with Crippen LogP contribution in [0.4, 0.5) is 0 Å². The Balaban J connectivity index is 0.000000319. The third-order valence-corrected chi connectivity index (χ3v) is 8.30. The van der Waals surface area contributed by atoms with Gasteiger partial charge in [-0.15, -0.1) is 0 Å². The molecule has 0 saturated carbocycles. The lowest BCUT2D eigenvalue weighted by Crippen LogP contribution is -2.51. The zero-order chi connectivity index (χ0) is 38.4. The van der Waals surface area contributed by atoms with Crippen LogP contribution in [-0.4, -0.2) is 116 Å². The van der Waals surface area contributed by atoms with Gasteiger partial charge < -0.3 is 37.9 Å². The van der Waals surface area contributed by atoms with Gasteiger partial charge in [-0.05, 0) is 55.7 Å². The lowest BCUT2D eigenvalue weighted by molar-refractivity contribution is -0.141. The molecule has 2 fully saturated rings. The summed E-state index contributed by atoms with van der Waals surface area (Å²) in [6, 6.07) is 15.7. The summed E-state index contributed by atoms with van der Waals surface area (Å²) >= 11 is 0. The van der Waals surface area contributed by atoms with Crippen molar-refractivity contribution in [2.24, 2.45) is 0 Å². The Labute approximate surface area is 307 Å². The largest absolute Gasteiger partial charge is 0.493 e. The van der Waals surface area contributed by atoms with E-state index >= 15 is 0 Å². The molecule has 2 aliphatic heterocycles. The van der Waals surface area contributed by atoms with Crippen molar-refractivity contribution in [2.45, 2.75) is 38.3 Å². The molecule has 14 heteroatoms. The van der Waals surface area contributed by atoms with E-state index in [9.17, 15) is 20.1 Å². The Morgan fingerprint density at radius 3 is 1.87 bits per heavy atom. The van der Waals surface area contributed by atoms with Gasteiger partial charge >= 0.3 is 11.9 Å². The Morgan fingerprint density at radius 2 is 1.40 bits per heavy atom. The van der Waals surface area contributed by atoms with E-state index in [1.807, 2.05) is 44.2 Å². The van der Waals surface area contributed by atoms with Crippen LogP contribution in [-0.2, 0) is 34.1 Å². The number of esters is 2. The zero-order valence-corrected chi connectivity index (χ0v) is 31.2. The minimum absolute atomic E-state index is 0.150. The summed E-state index contributed by atoms with van der Waals surface area (Å²) in [7, 11) is 5.85.